The summed E-state index contributed by atoms with van der Waals surface area (Å²) in [5, 5.41) is 11.6. The van der Waals surface area contributed by atoms with Gasteiger partial charge in [-0.2, -0.15) is 0 Å². The molecule has 4 heterocycles. The van der Waals surface area contributed by atoms with Crippen molar-refractivity contribution < 1.29 is 0 Å². The van der Waals surface area contributed by atoms with Gasteiger partial charge in [-0.3, -0.25) is 4.57 Å². The number of pyridine rings is 2. The molecule has 0 radical (unpaired) electrons. The van der Waals surface area contributed by atoms with E-state index >= 15 is 0 Å². The molecular formula is C46H27N5. The lowest BCUT2D eigenvalue weighted by Crippen LogP contribution is -2.01. The molecule has 0 aliphatic heterocycles. The molecule has 0 aliphatic carbocycles. The maximum absolute atomic E-state index is 5.37. The van der Waals surface area contributed by atoms with E-state index < -0.39 is 0 Å². The average molecular weight is 650 g/mol. The molecular weight excluding hydrogens is 623 g/mol. The maximum atomic E-state index is 5.37. The van der Waals surface area contributed by atoms with E-state index in [0.717, 1.165) is 66.4 Å². The van der Waals surface area contributed by atoms with Crippen LogP contribution in [0.15, 0.2) is 164 Å². The average Bonchev–Trinajstić information content (AvgIpc) is 3.55. The van der Waals surface area contributed by atoms with Crippen molar-refractivity contribution in [1.29, 1.82) is 0 Å². The Morgan fingerprint density at radius 1 is 0.392 bits per heavy atom. The monoisotopic (exact) mass is 649 g/mol. The maximum Gasteiger partial charge on any atom is 0.160 e. The highest BCUT2D eigenvalue weighted by Crippen LogP contribution is 2.39. The van der Waals surface area contributed by atoms with Crippen LogP contribution in [0.1, 0.15) is 0 Å². The Labute approximate surface area is 292 Å². The largest absolute Gasteiger partial charge is 0.278 e. The third-order valence-corrected chi connectivity index (χ3v) is 10.2. The van der Waals surface area contributed by atoms with Crippen LogP contribution in [0.5, 0.6) is 0 Å². The molecule has 0 bridgehead atoms. The third kappa shape index (κ3) is 4.15. The molecule has 0 N–H and O–H groups in total. The number of para-hydroxylation sites is 1. The van der Waals surface area contributed by atoms with Gasteiger partial charge < -0.3 is 0 Å². The zero-order chi connectivity index (χ0) is 33.5. The minimum Gasteiger partial charge on any atom is -0.278 e. The molecule has 236 valence electrons. The number of fused-ring (bicyclic) bond motifs is 12. The number of hydrogen-bond donors (Lipinski definition) is 0. The lowest BCUT2D eigenvalue weighted by molar-refractivity contribution is 1.07. The predicted molar refractivity (Wildman–Crippen MR) is 210 cm³/mol. The lowest BCUT2D eigenvalue weighted by atomic mass is 9.92. The minimum atomic E-state index is 0.666. The molecule has 51 heavy (non-hydrogen) atoms. The zero-order valence-electron chi connectivity index (χ0n) is 27.3. The summed E-state index contributed by atoms with van der Waals surface area (Å²) in [5.41, 5.74) is 6.45. The van der Waals surface area contributed by atoms with Crippen LogP contribution in [0.2, 0.25) is 0 Å². The van der Waals surface area contributed by atoms with E-state index in [4.69, 9.17) is 19.9 Å². The number of aromatic nitrogens is 5. The van der Waals surface area contributed by atoms with Gasteiger partial charge in [-0.1, -0.05) is 115 Å². The van der Waals surface area contributed by atoms with Crippen molar-refractivity contribution in [1.82, 2.24) is 24.5 Å². The van der Waals surface area contributed by atoms with E-state index in [1.165, 1.54) is 32.3 Å². The summed E-state index contributed by atoms with van der Waals surface area (Å²) in [6.07, 6.45) is 1.84. The molecule has 11 aromatic rings. The van der Waals surface area contributed by atoms with E-state index in [2.05, 4.69) is 138 Å². The highest BCUT2D eigenvalue weighted by Gasteiger charge is 2.19. The van der Waals surface area contributed by atoms with Gasteiger partial charge in [0.2, 0.25) is 0 Å². The van der Waals surface area contributed by atoms with Gasteiger partial charge in [0, 0.05) is 38.9 Å². The zero-order valence-corrected chi connectivity index (χ0v) is 27.3. The van der Waals surface area contributed by atoms with E-state index in [1.54, 1.807) is 0 Å². The van der Waals surface area contributed by atoms with Crippen LogP contribution in [-0.4, -0.2) is 24.5 Å². The van der Waals surface area contributed by atoms with Crippen molar-refractivity contribution in [2.75, 3.05) is 0 Å². The Balaban J connectivity index is 1.22. The molecule has 0 fully saturated rings. The van der Waals surface area contributed by atoms with Crippen LogP contribution < -0.4 is 0 Å². The van der Waals surface area contributed by atoms with E-state index in [1.807, 2.05) is 30.5 Å². The molecule has 0 saturated carbocycles. The first kappa shape index (κ1) is 27.9. The lowest BCUT2D eigenvalue weighted by Gasteiger charge is -2.14. The topological polar surface area (TPSA) is 56.5 Å². The van der Waals surface area contributed by atoms with Gasteiger partial charge in [0.05, 0.1) is 16.7 Å². The van der Waals surface area contributed by atoms with E-state index in [0.29, 0.717) is 5.82 Å². The molecule has 11 rings (SSSR count). The van der Waals surface area contributed by atoms with Crippen molar-refractivity contribution in [3.05, 3.63) is 164 Å². The molecule has 7 aromatic carbocycles. The third-order valence-electron chi connectivity index (χ3n) is 10.2. The summed E-state index contributed by atoms with van der Waals surface area (Å²) in [5.74, 6) is 1.46. The Hall–Kier alpha value is -6.98. The highest BCUT2D eigenvalue weighted by molar-refractivity contribution is 6.26. The van der Waals surface area contributed by atoms with Crippen molar-refractivity contribution in [3.63, 3.8) is 0 Å². The van der Waals surface area contributed by atoms with E-state index in [-0.39, 0.29) is 0 Å². The summed E-state index contributed by atoms with van der Waals surface area (Å²) < 4.78 is 2.15. The van der Waals surface area contributed by atoms with Gasteiger partial charge in [0.25, 0.3) is 0 Å². The van der Waals surface area contributed by atoms with Gasteiger partial charge in [0.1, 0.15) is 17.0 Å². The summed E-state index contributed by atoms with van der Waals surface area (Å²) >= 11 is 0. The fraction of sp³-hybridized carbons (Fsp3) is 0. The quantitative estimate of drug-likeness (QED) is 0.179. The fourth-order valence-electron chi connectivity index (χ4n) is 7.91. The van der Waals surface area contributed by atoms with Crippen LogP contribution in [0.25, 0.3) is 105 Å². The molecule has 0 unspecified atom stereocenters. The number of nitrogens with zero attached hydrogens (tertiary/aromatic N) is 5. The number of hydrogen-bond acceptors (Lipinski definition) is 4. The standard InChI is InChI=1S/C46H27N5/c1-2-11-29(12-3-1)45-49-42(30-21-23-35-33-15-5-4-13-31(33)32-14-6-7-16-34(32)39(35)27-30)38-24-20-28-22-25-41(48-43(28)44(38)50-45)51-40-19-9-8-17-36(40)37-18-10-26-47-46(37)51/h1-27H. The van der Waals surface area contributed by atoms with Crippen molar-refractivity contribution in [2.45, 2.75) is 0 Å². The van der Waals surface area contributed by atoms with Gasteiger partial charge in [0.15, 0.2) is 5.82 Å². The van der Waals surface area contributed by atoms with Crippen LogP contribution in [0, 0.1) is 0 Å². The van der Waals surface area contributed by atoms with Crippen LogP contribution in [-0.2, 0) is 0 Å². The molecule has 0 amide bonds. The summed E-state index contributed by atoms with van der Waals surface area (Å²) in [6.45, 7) is 0. The Kier molecular flexibility index (Phi) is 5.89. The Morgan fingerprint density at radius 3 is 1.80 bits per heavy atom. The number of rotatable bonds is 3. The molecule has 4 aromatic heterocycles. The summed E-state index contributed by atoms with van der Waals surface area (Å²) in [7, 11) is 0. The van der Waals surface area contributed by atoms with Crippen molar-refractivity contribution in [2.24, 2.45) is 0 Å². The van der Waals surface area contributed by atoms with Crippen molar-refractivity contribution >= 4 is 76.1 Å². The van der Waals surface area contributed by atoms with Crippen LogP contribution >= 0.6 is 0 Å². The Bertz CT molecular complexity index is 3110. The normalized spacial score (nSPS) is 11.9. The van der Waals surface area contributed by atoms with Gasteiger partial charge in [-0.25, -0.2) is 19.9 Å². The minimum absolute atomic E-state index is 0.666. The predicted octanol–water partition coefficient (Wildman–Crippen LogP) is 11.5. The smallest absolute Gasteiger partial charge is 0.160 e. The molecule has 5 heteroatoms. The van der Waals surface area contributed by atoms with E-state index in [9.17, 15) is 0 Å². The second-order valence-corrected chi connectivity index (χ2v) is 13.0. The molecule has 0 saturated heterocycles. The summed E-state index contributed by atoms with van der Waals surface area (Å²) in [6, 6.07) is 55.4. The molecule has 0 spiro atoms. The SMILES string of the molecule is c1ccc(-c2nc(-c3ccc4c5ccccc5c5ccccc5c4c3)c3ccc4ccc(-n5c6ccccc6c6cccnc65)nc4c3n2)cc1. The van der Waals surface area contributed by atoms with Gasteiger partial charge in [-0.15, -0.1) is 0 Å². The van der Waals surface area contributed by atoms with Crippen molar-refractivity contribution in [3.8, 4) is 28.5 Å². The first-order valence-corrected chi connectivity index (χ1v) is 17.2. The van der Waals surface area contributed by atoms with Crippen LogP contribution in [0.4, 0.5) is 0 Å². The second-order valence-electron chi connectivity index (χ2n) is 13.0. The summed E-state index contributed by atoms with van der Waals surface area (Å²) in [4.78, 5) is 20.7. The Morgan fingerprint density at radius 2 is 1.02 bits per heavy atom. The molecule has 5 nitrogen and oxygen atoms in total. The van der Waals surface area contributed by atoms with Crippen LogP contribution in [0.3, 0.4) is 0 Å². The fourth-order valence-corrected chi connectivity index (χ4v) is 7.91. The molecule has 0 atom stereocenters. The number of benzene rings is 7. The van der Waals surface area contributed by atoms with Gasteiger partial charge in [-0.05, 0) is 74.8 Å². The first-order chi connectivity index (χ1) is 25.3. The highest BCUT2D eigenvalue weighted by atomic mass is 15.1. The first-order valence-electron chi connectivity index (χ1n) is 17.2. The van der Waals surface area contributed by atoms with Gasteiger partial charge >= 0.3 is 0 Å². The second kappa shape index (κ2) is 10.8. The molecule has 0 aliphatic rings.